The summed E-state index contributed by atoms with van der Waals surface area (Å²) in [6.07, 6.45) is 5.31. The van der Waals surface area contributed by atoms with Gasteiger partial charge in [-0.05, 0) is 65.1 Å². The third kappa shape index (κ3) is 3.78. The lowest BCUT2D eigenvalue weighted by Crippen LogP contribution is -2.15. The highest BCUT2D eigenvalue weighted by atomic mass is 16.5. The first kappa shape index (κ1) is 17.8. The van der Waals surface area contributed by atoms with Crippen molar-refractivity contribution >= 4 is 10.9 Å². The predicted molar refractivity (Wildman–Crippen MR) is 110 cm³/mol. The van der Waals surface area contributed by atoms with Gasteiger partial charge in [-0.15, -0.1) is 0 Å². The zero-order valence-corrected chi connectivity index (χ0v) is 16.2. The van der Waals surface area contributed by atoms with Gasteiger partial charge in [0.05, 0.1) is 5.52 Å². The monoisotopic (exact) mass is 361 g/mol. The summed E-state index contributed by atoms with van der Waals surface area (Å²) in [5.41, 5.74) is 3.48. The van der Waals surface area contributed by atoms with E-state index in [4.69, 9.17) is 4.74 Å². The van der Waals surface area contributed by atoms with Gasteiger partial charge in [-0.2, -0.15) is 0 Å². The van der Waals surface area contributed by atoms with E-state index in [0.29, 0.717) is 12.5 Å². The van der Waals surface area contributed by atoms with Crippen molar-refractivity contribution in [2.24, 2.45) is 13.0 Å². The molecule has 0 saturated heterocycles. The number of fused-ring (bicyclic) bond motifs is 1. The molecule has 2 unspecified atom stereocenters. The number of rotatable bonds is 4. The Bertz CT molecular complexity index is 1000. The first-order valence-corrected chi connectivity index (χ1v) is 9.93. The Labute approximate surface area is 160 Å². The zero-order chi connectivity index (χ0) is 18.8. The minimum atomic E-state index is 0.0141. The van der Waals surface area contributed by atoms with Crippen LogP contribution in [0.5, 0.6) is 5.75 Å². The van der Waals surface area contributed by atoms with Crippen LogP contribution in [0.4, 0.5) is 0 Å². The van der Waals surface area contributed by atoms with E-state index >= 15 is 0 Å². The lowest BCUT2D eigenvalue weighted by molar-refractivity contribution is 0.302. The molecule has 2 aromatic carbocycles. The molecular weight excluding hydrogens is 334 g/mol. The van der Waals surface area contributed by atoms with Crippen LogP contribution >= 0.6 is 0 Å². The van der Waals surface area contributed by atoms with Gasteiger partial charge in [0.15, 0.2) is 0 Å². The van der Waals surface area contributed by atoms with E-state index in [-0.39, 0.29) is 5.56 Å². The lowest BCUT2D eigenvalue weighted by Gasteiger charge is -2.29. The van der Waals surface area contributed by atoms with Crippen molar-refractivity contribution in [2.75, 3.05) is 0 Å². The molecule has 1 aliphatic carbocycles. The van der Waals surface area contributed by atoms with Gasteiger partial charge in [0, 0.05) is 13.1 Å². The molecule has 140 valence electrons. The number of pyridine rings is 1. The van der Waals surface area contributed by atoms with Crippen molar-refractivity contribution in [3.8, 4) is 5.75 Å². The van der Waals surface area contributed by atoms with Gasteiger partial charge in [0.2, 0.25) is 0 Å². The van der Waals surface area contributed by atoms with Crippen LogP contribution in [0.1, 0.15) is 49.7 Å². The molecule has 3 nitrogen and oxygen atoms in total. The molecule has 0 N–H and O–H groups in total. The second kappa shape index (κ2) is 7.59. The van der Waals surface area contributed by atoms with E-state index in [1.54, 1.807) is 17.7 Å². The summed E-state index contributed by atoms with van der Waals surface area (Å²) in [4.78, 5) is 11.8. The Morgan fingerprint density at radius 2 is 1.89 bits per heavy atom. The molecule has 2 atom stereocenters. The third-order valence-corrected chi connectivity index (χ3v) is 5.99. The summed E-state index contributed by atoms with van der Waals surface area (Å²) < 4.78 is 7.77. The Morgan fingerprint density at radius 1 is 1.04 bits per heavy atom. The van der Waals surface area contributed by atoms with Gasteiger partial charge in [-0.25, -0.2) is 0 Å². The largest absolute Gasteiger partial charge is 0.489 e. The van der Waals surface area contributed by atoms with E-state index in [9.17, 15) is 4.79 Å². The molecule has 27 heavy (non-hydrogen) atoms. The maximum atomic E-state index is 11.8. The average Bonchev–Trinajstić information content (AvgIpc) is 2.70. The smallest absolute Gasteiger partial charge is 0.250 e. The maximum Gasteiger partial charge on any atom is 0.250 e. The Hall–Kier alpha value is -2.55. The molecule has 3 heteroatoms. The van der Waals surface area contributed by atoms with E-state index in [1.807, 2.05) is 24.3 Å². The number of hydrogen-bond acceptors (Lipinski definition) is 2. The molecule has 0 amide bonds. The number of hydrogen-bond donors (Lipinski definition) is 0. The quantitative estimate of drug-likeness (QED) is 0.622. The number of benzene rings is 2. The molecule has 1 fully saturated rings. The van der Waals surface area contributed by atoms with Crippen LogP contribution < -0.4 is 10.3 Å². The molecular formula is C24H27NO2. The summed E-state index contributed by atoms with van der Waals surface area (Å²) >= 11 is 0. The Balaban J connectivity index is 1.50. The first-order valence-electron chi connectivity index (χ1n) is 9.93. The zero-order valence-electron chi connectivity index (χ0n) is 16.2. The summed E-state index contributed by atoms with van der Waals surface area (Å²) in [6.45, 7) is 2.90. The summed E-state index contributed by atoms with van der Waals surface area (Å²) in [7, 11) is 1.80. The van der Waals surface area contributed by atoms with Gasteiger partial charge in [-0.3, -0.25) is 4.79 Å². The minimum Gasteiger partial charge on any atom is -0.489 e. The predicted octanol–water partition coefficient (Wildman–Crippen LogP) is 5.41. The van der Waals surface area contributed by atoms with Crippen molar-refractivity contribution in [1.82, 2.24) is 4.57 Å². The Kier molecular flexibility index (Phi) is 5.02. The van der Waals surface area contributed by atoms with Crippen molar-refractivity contribution in [3.63, 3.8) is 0 Å². The molecule has 1 aromatic heterocycles. The van der Waals surface area contributed by atoms with Gasteiger partial charge < -0.3 is 9.30 Å². The van der Waals surface area contributed by atoms with Crippen molar-refractivity contribution in [2.45, 2.75) is 45.1 Å². The second-order valence-corrected chi connectivity index (χ2v) is 7.85. The summed E-state index contributed by atoms with van der Waals surface area (Å²) in [6, 6.07) is 18.2. The van der Waals surface area contributed by atoms with Gasteiger partial charge in [0.25, 0.3) is 5.56 Å². The van der Waals surface area contributed by atoms with Crippen LogP contribution in [-0.2, 0) is 13.7 Å². The number of aryl methyl sites for hydroxylation is 1. The highest BCUT2D eigenvalue weighted by molar-refractivity contribution is 5.79. The molecule has 0 spiro atoms. The van der Waals surface area contributed by atoms with Crippen LogP contribution in [-0.4, -0.2) is 4.57 Å². The number of nitrogens with zero attached hydrogens (tertiary/aromatic N) is 1. The van der Waals surface area contributed by atoms with E-state index < -0.39 is 0 Å². The highest BCUT2D eigenvalue weighted by Crippen LogP contribution is 2.38. The maximum absolute atomic E-state index is 11.8. The molecule has 1 saturated carbocycles. The topological polar surface area (TPSA) is 31.2 Å². The van der Waals surface area contributed by atoms with Crippen LogP contribution in [0.25, 0.3) is 10.9 Å². The fourth-order valence-corrected chi connectivity index (χ4v) is 4.34. The third-order valence-electron chi connectivity index (χ3n) is 5.99. The summed E-state index contributed by atoms with van der Waals surface area (Å²) in [5, 5.41) is 1.06. The standard InChI is InChI=1S/C24H27NO2/c1-17-6-3-4-9-22(17)19-7-5-8-21(15-19)27-16-18-10-12-23-20(14-18)11-13-24(26)25(23)2/h5,7-8,10-15,17,22H,3-4,6,9,16H2,1-2H3. The van der Waals surface area contributed by atoms with Crippen molar-refractivity contribution in [1.29, 1.82) is 0 Å². The van der Waals surface area contributed by atoms with Crippen molar-refractivity contribution < 1.29 is 4.74 Å². The SMILES string of the molecule is CC1CCCCC1c1cccc(OCc2ccc3c(ccc(=O)n3C)c2)c1. The van der Waals surface area contributed by atoms with Gasteiger partial charge in [-0.1, -0.05) is 44.4 Å². The van der Waals surface area contributed by atoms with Gasteiger partial charge >= 0.3 is 0 Å². The van der Waals surface area contributed by atoms with Crippen LogP contribution in [0.2, 0.25) is 0 Å². The van der Waals surface area contributed by atoms with Crippen LogP contribution in [0.15, 0.2) is 59.4 Å². The van der Waals surface area contributed by atoms with Crippen molar-refractivity contribution in [3.05, 3.63) is 76.1 Å². The van der Waals surface area contributed by atoms with E-state index in [1.165, 1.54) is 31.2 Å². The fraction of sp³-hybridized carbons (Fsp3) is 0.375. The van der Waals surface area contributed by atoms with E-state index in [2.05, 4.69) is 31.2 Å². The normalized spacial score (nSPS) is 19.9. The molecule has 0 bridgehead atoms. The first-order chi connectivity index (χ1) is 13.1. The molecule has 0 aliphatic heterocycles. The number of aromatic nitrogens is 1. The molecule has 4 rings (SSSR count). The fourth-order valence-electron chi connectivity index (χ4n) is 4.34. The van der Waals surface area contributed by atoms with Crippen LogP contribution in [0.3, 0.4) is 0 Å². The molecule has 3 aromatic rings. The molecule has 1 heterocycles. The highest BCUT2D eigenvalue weighted by Gasteiger charge is 2.23. The molecule has 0 radical (unpaired) electrons. The van der Waals surface area contributed by atoms with Gasteiger partial charge in [0.1, 0.15) is 12.4 Å². The average molecular weight is 361 g/mol. The number of ether oxygens (including phenoxy) is 1. The Morgan fingerprint density at radius 3 is 2.74 bits per heavy atom. The second-order valence-electron chi connectivity index (χ2n) is 7.85. The van der Waals surface area contributed by atoms with Crippen LogP contribution in [0, 0.1) is 5.92 Å². The van der Waals surface area contributed by atoms with E-state index in [0.717, 1.165) is 28.1 Å². The lowest BCUT2D eigenvalue weighted by atomic mass is 9.76. The molecule has 1 aliphatic rings. The summed E-state index contributed by atoms with van der Waals surface area (Å²) in [5.74, 6) is 2.34. The minimum absolute atomic E-state index is 0.0141.